The summed E-state index contributed by atoms with van der Waals surface area (Å²) in [6.07, 6.45) is 0. The van der Waals surface area contributed by atoms with E-state index in [4.69, 9.17) is 4.98 Å². The Kier molecular flexibility index (Phi) is 5.38. The highest BCUT2D eigenvalue weighted by Crippen LogP contribution is 2.26. The van der Waals surface area contributed by atoms with Crippen molar-refractivity contribution in [2.45, 2.75) is 27.7 Å². The number of rotatable bonds is 4. The zero-order valence-electron chi connectivity index (χ0n) is 17.7. The van der Waals surface area contributed by atoms with Crippen molar-refractivity contribution in [3.63, 3.8) is 0 Å². The van der Waals surface area contributed by atoms with Gasteiger partial charge in [0.05, 0.1) is 0 Å². The lowest BCUT2D eigenvalue weighted by molar-refractivity contribution is 0.647. The third-order valence-electron chi connectivity index (χ3n) is 5.48. The van der Waals surface area contributed by atoms with Crippen LogP contribution in [0.1, 0.15) is 22.4 Å². The predicted octanol–water partition coefficient (Wildman–Crippen LogP) is 4.78. The van der Waals surface area contributed by atoms with Gasteiger partial charge in [0.1, 0.15) is 5.82 Å². The van der Waals surface area contributed by atoms with Gasteiger partial charge < -0.3 is 15.1 Å². The van der Waals surface area contributed by atoms with Crippen molar-refractivity contribution < 1.29 is 0 Å². The predicted molar refractivity (Wildman–Crippen MR) is 122 cm³/mol. The number of aromatic nitrogens is 2. The van der Waals surface area contributed by atoms with Crippen LogP contribution < -0.4 is 15.1 Å². The normalized spacial score (nSPS) is 14.2. The summed E-state index contributed by atoms with van der Waals surface area (Å²) in [4.78, 5) is 14.3. The molecule has 5 nitrogen and oxygen atoms in total. The average molecular weight is 388 g/mol. The second-order valence-electron chi connectivity index (χ2n) is 7.90. The minimum atomic E-state index is 0.667. The summed E-state index contributed by atoms with van der Waals surface area (Å²) >= 11 is 0. The lowest BCUT2D eigenvalue weighted by atomic mass is 10.1. The van der Waals surface area contributed by atoms with Crippen LogP contribution in [0.2, 0.25) is 0 Å². The van der Waals surface area contributed by atoms with Crippen LogP contribution in [0.3, 0.4) is 0 Å². The standard InChI is InChI=1S/C24H29N5/c1-17-14-18(2)23(19(3)15-17)27-24-25-20(4)16-22(26-24)29-12-10-28(11-13-29)21-8-6-5-7-9-21/h5-9,14-16H,10-13H2,1-4H3,(H,25,26,27). The van der Waals surface area contributed by atoms with Crippen molar-refractivity contribution in [2.24, 2.45) is 0 Å². The summed E-state index contributed by atoms with van der Waals surface area (Å²) in [5, 5.41) is 3.46. The number of hydrogen-bond acceptors (Lipinski definition) is 5. The first-order valence-electron chi connectivity index (χ1n) is 10.2. The van der Waals surface area contributed by atoms with Gasteiger partial charge in [0.15, 0.2) is 0 Å². The molecule has 150 valence electrons. The fourth-order valence-corrected chi connectivity index (χ4v) is 4.09. The van der Waals surface area contributed by atoms with Crippen molar-refractivity contribution in [3.8, 4) is 0 Å². The van der Waals surface area contributed by atoms with E-state index < -0.39 is 0 Å². The van der Waals surface area contributed by atoms with E-state index in [9.17, 15) is 0 Å². The molecule has 0 unspecified atom stereocenters. The van der Waals surface area contributed by atoms with Crippen LogP contribution in [0.4, 0.5) is 23.1 Å². The molecule has 3 aromatic rings. The van der Waals surface area contributed by atoms with Crippen LogP contribution in [0.25, 0.3) is 0 Å². The highest BCUT2D eigenvalue weighted by atomic mass is 15.3. The molecule has 1 aliphatic heterocycles. The van der Waals surface area contributed by atoms with E-state index in [1.807, 2.05) is 6.92 Å². The second kappa shape index (κ2) is 8.11. The van der Waals surface area contributed by atoms with Crippen molar-refractivity contribution in [1.82, 2.24) is 9.97 Å². The molecule has 2 aromatic carbocycles. The van der Waals surface area contributed by atoms with Crippen molar-refractivity contribution in [3.05, 3.63) is 70.9 Å². The molecule has 0 atom stereocenters. The Morgan fingerprint density at radius 1 is 0.759 bits per heavy atom. The molecule has 0 aliphatic carbocycles. The monoisotopic (exact) mass is 387 g/mol. The molecular weight excluding hydrogens is 358 g/mol. The minimum Gasteiger partial charge on any atom is -0.368 e. The van der Waals surface area contributed by atoms with Gasteiger partial charge in [0.2, 0.25) is 5.95 Å². The fourth-order valence-electron chi connectivity index (χ4n) is 4.09. The number of benzene rings is 2. The molecule has 1 N–H and O–H groups in total. The largest absolute Gasteiger partial charge is 0.368 e. The summed E-state index contributed by atoms with van der Waals surface area (Å²) in [6.45, 7) is 12.3. The van der Waals surface area contributed by atoms with E-state index in [1.54, 1.807) is 0 Å². The van der Waals surface area contributed by atoms with Gasteiger partial charge in [-0.15, -0.1) is 0 Å². The van der Waals surface area contributed by atoms with Crippen LogP contribution in [0.5, 0.6) is 0 Å². The number of para-hydroxylation sites is 1. The van der Waals surface area contributed by atoms with Gasteiger partial charge >= 0.3 is 0 Å². The molecule has 1 aromatic heterocycles. The van der Waals surface area contributed by atoms with Crippen molar-refractivity contribution in [1.29, 1.82) is 0 Å². The topological polar surface area (TPSA) is 44.3 Å². The number of anilines is 4. The summed E-state index contributed by atoms with van der Waals surface area (Å²) in [5.41, 5.74) is 7.06. The molecule has 2 heterocycles. The molecular formula is C24H29N5. The summed E-state index contributed by atoms with van der Waals surface area (Å²) in [6, 6.07) is 17.1. The first-order valence-corrected chi connectivity index (χ1v) is 10.2. The third kappa shape index (κ3) is 4.34. The Bertz CT molecular complexity index is 968. The maximum absolute atomic E-state index is 4.84. The van der Waals surface area contributed by atoms with Crippen molar-refractivity contribution >= 4 is 23.1 Å². The molecule has 0 radical (unpaired) electrons. The lowest BCUT2D eigenvalue weighted by Crippen LogP contribution is -2.46. The van der Waals surface area contributed by atoms with Gasteiger partial charge in [-0.1, -0.05) is 35.9 Å². The smallest absolute Gasteiger partial charge is 0.229 e. The molecule has 4 rings (SSSR count). The second-order valence-corrected chi connectivity index (χ2v) is 7.90. The highest BCUT2D eigenvalue weighted by molar-refractivity contribution is 5.64. The van der Waals surface area contributed by atoms with Gasteiger partial charge in [-0.3, -0.25) is 0 Å². The van der Waals surface area contributed by atoms with E-state index >= 15 is 0 Å². The first-order chi connectivity index (χ1) is 14.0. The third-order valence-corrected chi connectivity index (χ3v) is 5.48. The Balaban J connectivity index is 1.51. The molecule has 0 spiro atoms. The van der Waals surface area contributed by atoms with E-state index in [1.165, 1.54) is 22.4 Å². The maximum Gasteiger partial charge on any atom is 0.229 e. The van der Waals surface area contributed by atoms with Crippen LogP contribution in [-0.4, -0.2) is 36.1 Å². The van der Waals surface area contributed by atoms with Crippen molar-refractivity contribution in [2.75, 3.05) is 41.3 Å². The van der Waals surface area contributed by atoms with Crippen LogP contribution >= 0.6 is 0 Å². The van der Waals surface area contributed by atoms with Crippen LogP contribution in [-0.2, 0) is 0 Å². The molecule has 29 heavy (non-hydrogen) atoms. The summed E-state index contributed by atoms with van der Waals surface area (Å²) in [7, 11) is 0. The Hall–Kier alpha value is -3.08. The summed E-state index contributed by atoms with van der Waals surface area (Å²) < 4.78 is 0. The lowest BCUT2D eigenvalue weighted by Gasteiger charge is -2.36. The quantitative estimate of drug-likeness (QED) is 0.698. The SMILES string of the molecule is Cc1cc(C)c(Nc2nc(C)cc(N3CCN(c4ccccc4)CC3)n2)c(C)c1. The molecule has 1 saturated heterocycles. The molecule has 0 bridgehead atoms. The van der Waals surface area contributed by atoms with Gasteiger partial charge in [-0.05, 0) is 51.0 Å². The fraction of sp³-hybridized carbons (Fsp3) is 0.333. The van der Waals surface area contributed by atoms with Crippen LogP contribution in [0, 0.1) is 27.7 Å². The number of hydrogen-bond donors (Lipinski definition) is 1. The van der Waals surface area contributed by atoms with Crippen LogP contribution in [0.15, 0.2) is 48.5 Å². The molecule has 0 saturated carbocycles. The average Bonchev–Trinajstić information content (AvgIpc) is 2.71. The molecule has 0 amide bonds. The maximum atomic E-state index is 4.84. The number of piperazine rings is 1. The van der Waals surface area contributed by atoms with Gasteiger partial charge in [0, 0.05) is 49.3 Å². The molecule has 5 heteroatoms. The number of nitrogens with one attached hydrogen (secondary N) is 1. The van der Waals surface area contributed by atoms with E-state index in [-0.39, 0.29) is 0 Å². The number of nitrogens with zero attached hydrogens (tertiary/aromatic N) is 4. The highest BCUT2D eigenvalue weighted by Gasteiger charge is 2.19. The van der Waals surface area contributed by atoms with Gasteiger partial charge in [-0.25, -0.2) is 4.98 Å². The van der Waals surface area contributed by atoms with E-state index in [2.05, 4.69) is 89.4 Å². The minimum absolute atomic E-state index is 0.667. The van der Waals surface area contributed by atoms with E-state index in [0.717, 1.165) is 43.4 Å². The van der Waals surface area contributed by atoms with Gasteiger partial charge in [0.25, 0.3) is 0 Å². The Labute approximate surface area is 173 Å². The van der Waals surface area contributed by atoms with E-state index in [0.29, 0.717) is 5.95 Å². The first kappa shape index (κ1) is 19.2. The summed E-state index contributed by atoms with van der Waals surface area (Å²) in [5.74, 6) is 1.66. The molecule has 1 fully saturated rings. The molecule has 1 aliphatic rings. The zero-order valence-corrected chi connectivity index (χ0v) is 17.7. The number of aryl methyl sites for hydroxylation is 4. The zero-order chi connectivity index (χ0) is 20.4. The Morgan fingerprint density at radius 3 is 2.03 bits per heavy atom. The van der Waals surface area contributed by atoms with Gasteiger partial charge in [-0.2, -0.15) is 4.98 Å². The Morgan fingerprint density at radius 2 is 1.38 bits per heavy atom.